The molecule has 0 saturated carbocycles. The van der Waals surface area contributed by atoms with Gasteiger partial charge in [-0.1, -0.05) is 13.8 Å². The minimum Gasteiger partial charge on any atom is -0.390 e. The van der Waals surface area contributed by atoms with Crippen molar-refractivity contribution < 1.29 is 5.11 Å². The summed E-state index contributed by atoms with van der Waals surface area (Å²) in [5.74, 6) is 0.772. The molecule has 1 aliphatic rings. The van der Waals surface area contributed by atoms with E-state index in [2.05, 4.69) is 31.0 Å². The van der Waals surface area contributed by atoms with Crippen molar-refractivity contribution in [3.63, 3.8) is 0 Å². The molecule has 3 nitrogen and oxygen atoms in total. The zero-order valence-corrected chi connectivity index (χ0v) is 11.8. The lowest BCUT2D eigenvalue weighted by molar-refractivity contribution is 0.120. The number of hydrogen-bond acceptors (Lipinski definition) is 3. The molecular formula is C14H30N2O. The lowest BCUT2D eigenvalue weighted by Crippen LogP contribution is -2.40. The number of aliphatic hydroxyl groups is 1. The van der Waals surface area contributed by atoms with E-state index >= 15 is 0 Å². The highest BCUT2D eigenvalue weighted by molar-refractivity contribution is 4.73. The Hall–Kier alpha value is -0.120. The zero-order valence-electron chi connectivity index (χ0n) is 11.8. The van der Waals surface area contributed by atoms with Crippen molar-refractivity contribution in [3.05, 3.63) is 0 Å². The maximum Gasteiger partial charge on any atom is 0.0791 e. The first-order valence-electron chi connectivity index (χ1n) is 7.21. The lowest BCUT2D eigenvalue weighted by Gasteiger charge is -2.22. The van der Waals surface area contributed by atoms with E-state index in [9.17, 15) is 5.11 Å². The fourth-order valence-electron chi connectivity index (χ4n) is 2.35. The molecule has 2 atom stereocenters. The highest BCUT2D eigenvalue weighted by Crippen LogP contribution is 2.08. The Balaban J connectivity index is 2.03. The summed E-state index contributed by atoms with van der Waals surface area (Å²) in [7, 11) is 0. The molecular weight excluding hydrogens is 212 g/mol. The van der Waals surface area contributed by atoms with E-state index in [1.807, 2.05) is 0 Å². The lowest BCUT2D eigenvalue weighted by atomic mass is 10.0. The Morgan fingerprint density at radius 3 is 2.35 bits per heavy atom. The van der Waals surface area contributed by atoms with Gasteiger partial charge in [-0.2, -0.15) is 0 Å². The van der Waals surface area contributed by atoms with Crippen LogP contribution >= 0.6 is 0 Å². The van der Waals surface area contributed by atoms with E-state index in [4.69, 9.17) is 0 Å². The molecule has 0 aromatic rings. The zero-order chi connectivity index (χ0) is 12.7. The van der Waals surface area contributed by atoms with Gasteiger partial charge in [-0.3, -0.25) is 0 Å². The first-order chi connectivity index (χ1) is 8.08. The average Bonchev–Trinajstić information content (AvgIpc) is 2.76. The van der Waals surface area contributed by atoms with E-state index in [1.165, 1.54) is 38.8 Å². The third-order valence-electron chi connectivity index (χ3n) is 3.55. The molecule has 0 spiro atoms. The van der Waals surface area contributed by atoms with Gasteiger partial charge in [-0.05, 0) is 51.6 Å². The number of hydrogen-bond donors (Lipinski definition) is 2. The second-order valence-electron chi connectivity index (χ2n) is 5.94. The molecule has 1 saturated heterocycles. The largest absolute Gasteiger partial charge is 0.390 e. The molecule has 2 N–H and O–H groups in total. The van der Waals surface area contributed by atoms with Crippen molar-refractivity contribution >= 4 is 0 Å². The number of rotatable bonds is 8. The standard InChI is InChI=1S/C14H30N2O/c1-12(2)6-7-13(3)15-10-14(17)11-16-8-4-5-9-16/h12-15,17H,4-11H2,1-3H3. The number of nitrogens with zero attached hydrogens (tertiary/aromatic N) is 1. The Kier molecular flexibility index (Phi) is 7.09. The van der Waals surface area contributed by atoms with Crippen LogP contribution in [-0.4, -0.2) is 48.3 Å². The number of β-amino-alcohol motifs (C(OH)–C–C–N with tert-alkyl or cyclic N) is 1. The Labute approximate surface area is 107 Å². The molecule has 3 heteroatoms. The van der Waals surface area contributed by atoms with E-state index in [0.29, 0.717) is 6.04 Å². The van der Waals surface area contributed by atoms with Gasteiger partial charge in [0.1, 0.15) is 0 Å². The molecule has 102 valence electrons. The first-order valence-corrected chi connectivity index (χ1v) is 7.21. The molecule has 1 heterocycles. The van der Waals surface area contributed by atoms with Crippen LogP contribution in [0.1, 0.15) is 46.5 Å². The van der Waals surface area contributed by atoms with Crippen molar-refractivity contribution in [2.24, 2.45) is 5.92 Å². The first kappa shape index (κ1) is 14.9. The van der Waals surface area contributed by atoms with Gasteiger partial charge in [0.05, 0.1) is 6.10 Å². The maximum absolute atomic E-state index is 9.93. The molecule has 0 radical (unpaired) electrons. The molecule has 1 rings (SSSR count). The van der Waals surface area contributed by atoms with E-state index in [0.717, 1.165) is 19.0 Å². The van der Waals surface area contributed by atoms with Crippen LogP contribution in [0.5, 0.6) is 0 Å². The van der Waals surface area contributed by atoms with Gasteiger partial charge in [0.15, 0.2) is 0 Å². The Morgan fingerprint density at radius 2 is 1.76 bits per heavy atom. The van der Waals surface area contributed by atoms with Crippen LogP contribution in [0.3, 0.4) is 0 Å². The van der Waals surface area contributed by atoms with Crippen LogP contribution in [0.4, 0.5) is 0 Å². The summed E-state index contributed by atoms with van der Waals surface area (Å²) < 4.78 is 0. The summed E-state index contributed by atoms with van der Waals surface area (Å²) in [5, 5.41) is 13.4. The molecule has 0 bridgehead atoms. The summed E-state index contributed by atoms with van der Waals surface area (Å²) in [6, 6.07) is 0.519. The normalized spacial score (nSPS) is 21.0. The fourth-order valence-corrected chi connectivity index (χ4v) is 2.35. The quantitative estimate of drug-likeness (QED) is 0.682. The van der Waals surface area contributed by atoms with E-state index in [1.54, 1.807) is 0 Å². The molecule has 0 aromatic heterocycles. The highest BCUT2D eigenvalue weighted by atomic mass is 16.3. The molecule has 17 heavy (non-hydrogen) atoms. The van der Waals surface area contributed by atoms with Crippen molar-refractivity contribution in [2.75, 3.05) is 26.2 Å². The van der Waals surface area contributed by atoms with Gasteiger partial charge in [0, 0.05) is 19.1 Å². The summed E-state index contributed by atoms with van der Waals surface area (Å²) in [4.78, 5) is 2.37. The maximum atomic E-state index is 9.93. The Morgan fingerprint density at radius 1 is 1.12 bits per heavy atom. The van der Waals surface area contributed by atoms with Gasteiger partial charge < -0.3 is 15.3 Å². The predicted octanol–water partition coefficient (Wildman–Crippen LogP) is 1.86. The van der Waals surface area contributed by atoms with Crippen LogP contribution in [-0.2, 0) is 0 Å². The topological polar surface area (TPSA) is 35.5 Å². The third kappa shape index (κ3) is 7.02. The summed E-state index contributed by atoms with van der Waals surface area (Å²) in [6.07, 6.45) is 4.84. The summed E-state index contributed by atoms with van der Waals surface area (Å²) in [6.45, 7) is 10.6. The van der Waals surface area contributed by atoms with Crippen molar-refractivity contribution in [2.45, 2.75) is 58.6 Å². The highest BCUT2D eigenvalue weighted by Gasteiger charge is 2.16. The van der Waals surface area contributed by atoms with Crippen molar-refractivity contribution in [1.82, 2.24) is 10.2 Å². The Bertz CT molecular complexity index is 191. The molecule has 1 aliphatic heterocycles. The van der Waals surface area contributed by atoms with Crippen LogP contribution in [0.25, 0.3) is 0 Å². The van der Waals surface area contributed by atoms with Gasteiger partial charge in [0.25, 0.3) is 0 Å². The molecule has 0 aliphatic carbocycles. The van der Waals surface area contributed by atoms with Gasteiger partial charge >= 0.3 is 0 Å². The van der Waals surface area contributed by atoms with Gasteiger partial charge in [-0.25, -0.2) is 0 Å². The van der Waals surface area contributed by atoms with Crippen molar-refractivity contribution in [3.8, 4) is 0 Å². The second-order valence-corrected chi connectivity index (χ2v) is 5.94. The van der Waals surface area contributed by atoms with Gasteiger partial charge in [-0.15, -0.1) is 0 Å². The summed E-state index contributed by atoms with van der Waals surface area (Å²) in [5.41, 5.74) is 0. The number of nitrogens with one attached hydrogen (secondary N) is 1. The molecule has 0 amide bonds. The smallest absolute Gasteiger partial charge is 0.0791 e. The van der Waals surface area contributed by atoms with Gasteiger partial charge in [0.2, 0.25) is 0 Å². The van der Waals surface area contributed by atoms with E-state index in [-0.39, 0.29) is 6.10 Å². The fraction of sp³-hybridized carbons (Fsp3) is 1.00. The van der Waals surface area contributed by atoms with Crippen molar-refractivity contribution in [1.29, 1.82) is 0 Å². The van der Waals surface area contributed by atoms with Crippen LogP contribution in [0, 0.1) is 5.92 Å². The molecule has 1 fully saturated rings. The molecule has 0 aromatic carbocycles. The van der Waals surface area contributed by atoms with E-state index < -0.39 is 0 Å². The second kappa shape index (κ2) is 8.06. The third-order valence-corrected chi connectivity index (χ3v) is 3.55. The summed E-state index contributed by atoms with van der Waals surface area (Å²) >= 11 is 0. The monoisotopic (exact) mass is 242 g/mol. The number of likely N-dealkylation sites (tertiary alicyclic amines) is 1. The minimum atomic E-state index is -0.213. The predicted molar refractivity (Wildman–Crippen MR) is 73.2 cm³/mol. The van der Waals surface area contributed by atoms with Crippen LogP contribution in [0.2, 0.25) is 0 Å². The minimum absolute atomic E-state index is 0.213. The number of aliphatic hydroxyl groups excluding tert-OH is 1. The average molecular weight is 242 g/mol. The van der Waals surface area contributed by atoms with Crippen LogP contribution in [0.15, 0.2) is 0 Å². The SMILES string of the molecule is CC(C)CCC(C)NCC(O)CN1CCCC1. The molecule has 2 unspecified atom stereocenters. The van der Waals surface area contributed by atoms with Crippen LogP contribution < -0.4 is 5.32 Å².